The Morgan fingerprint density at radius 2 is 1.85 bits per heavy atom. The topological polar surface area (TPSA) is 87.7 Å². The van der Waals surface area contributed by atoms with Crippen molar-refractivity contribution in [2.24, 2.45) is 5.92 Å². The van der Waals surface area contributed by atoms with Crippen LogP contribution in [0.2, 0.25) is 0 Å². The second-order valence-corrected chi connectivity index (χ2v) is 5.86. The van der Waals surface area contributed by atoms with E-state index in [1.807, 2.05) is 20.8 Å². The van der Waals surface area contributed by atoms with Crippen LogP contribution >= 0.6 is 0 Å². The van der Waals surface area contributed by atoms with E-state index in [1.165, 1.54) is 0 Å². The van der Waals surface area contributed by atoms with Gasteiger partial charge in [-0.05, 0) is 33.6 Å². The Balaban J connectivity index is 3.83. The van der Waals surface area contributed by atoms with E-state index in [0.29, 0.717) is 13.0 Å². The van der Waals surface area contributed by atoms with Gasteiger partial charge < -0.3 is 20.5 Å². The van der Waals surface area contributed by atoms with Crippen LogP contribution in [0.15, 0.2) is 0 Å². The second-order valence-electron chi connectivity index (χ2n) is 5.86. The second kappa shape index (κ2) is 8.79. The third kappa shape index (κ3) is 8.74. The Kier molecular flexibility index (Phi) is 8.22. The molecule has 0 aromatic carbocycles. The fraction of sp³-hybridized carbons (Fsp3) is 0.857. The number of aliphatic carboxylic acids is 1. The molecule has 0 aromatic rings. The molecule has 6 heteroatoms. The van der Waals surface area contributed by atoms with Gasteiger partial charge in [0.25, 0.3) is 0 Å². The summed E-state index contributed by atoms with van der Waals surface area (Å²) in [6.07, 6.45) is 2.16. The van der Waals surface area contributed by atoms with Crippen LogP contribution in [0.5, 0.6) is 0 Å². The van der Waals surface area contributed by atoms with Gasteiger partial charge in [-0.3, -0.25) is 4.79 Å². The molecule has 6 nitrogen and oxygen atoms in total. The van der Waals surface area contributed by atoms with Gasteiger partial charge in [0.1, 0.15) is 0 Å². The number of rotatable bonds is 9. The largest absolute Gasteiger partial charge is 0.481 e. The molecule has 0 saturated carbocycles. The number of urea groups is 1. The molecule has 0 heterocycles. The number of carboxylic acids is 1. The smallest absolute Gasteiger partial charge is 0.315 e. The van der Waals surface area contributed by atoms with Gasteiger partial charge in [0, 0.05) is 19.7 Å². The Hall–Kier alpha value is -1.30. The normalized spacial score (nSPS) is 14.4. The van der Waals surface area contributed by atoms with Crippen LogP contribution in [0.1, 0.15) is 47.0 Å². The zero-order valence-electron chi connectivity index (χ0n) is 13.2. The third-order valence-electron chi connectivity index (χ3n) is 3.30. The van der Waals surface area contributed by atoms with Crippen LogP contribution < -0.4 is 10.6 Å². The first-order valence-corrected chi connectivity index (χ1v) is 7.00. The Morgan fingerprint density at radius 1 is 1.25 bits per heavy atom. The van der Waals surface area contributed by atoms with Gasteiger partial charge in [0.15, 0.2) is 0 Å². The van der Waals surface area contributed by atoms with Gasteiger partial charge >= 0.3 is 12.0 Å². The zero-order valence-corrected chi connectivity index (χ0v) is 13.2. The molecule has 0 radical (unpaired) electrons. The van der Waals surface area contributed by atoms with E-state index < -0.39 is 11.6 Å². The number of carbonyl (C=O) groups excluding carboxylic acids is 1. The summed E-state index contributed by atoms with van der Waals surface area (Å²) in [6, 6.07) is -0.212. The van der Waals surface area contributed by atoms with Crippen molar-refractivity contribution in [3.05, 3.63) is 0 Å². The summed E-state index contributed by atoms with van der Waals surface area (Å²) in [6.45, 7) is 7.82. The number of methoxy groups -OCH3 is 1. The number of hydrogen-bond acceptors (Lipinski definition) is 3. The van der Waals surface area contributed by atoms with Crippen LogP contribution in [0.3, 0.4) is 0 Å². The minimum Gasteiger partial charge on any atom is -0.481 e. The lowest BCUT2D eigenvalue weighted by Gasteiger charge is -2.24. The van der Waals surface area contributed by atoms with E-state index in [9.17, 15) is 9.59 Å². The molecular weight excluding hydrogens is 260 g/mol. The summed E-state index contributed by atoms with van der Waals surface area (Å²) >= 11 is 0. The predicted molar refractivity (Wildman–Crippen MR) is 77.7 cm³/mol. The average molecular weight is 288 g/mol. The number of nitrogens with one attached hydrogen (secondary N) is 2. The monoisotopic (exact) mass is 288 g/mol. The molecule has 0 aliphatic carbocycles. The number of hydrogen-bond donors (Lipinski definition) is 3. The van der Waals surface area contributed by atoms with Crippen molar-refractivity contribution in [1.29, 1.82) is 0 Å². The summed E-state index contributed by atoms with van der Waals surface area (Å²) in [5.41, 5.74) is -0.391. The van der Waals surface area contributed by atoms with E-state index >= 15 is 0 Å². The van der Waals surface area contributed by atoms with E-state index in [4.69, 9.17) is 9.84 Å². The zero-order chi connectivity index (χ0) is 15.8. The molecule has 0 fully saturated rings. The molecule has 0 saturated heterocycles. The molecule has 2 amide bonds. The van der Waals surface area contributed by atoms with Gasteiger partial charge in [0.05, 0.1) is 11.5 Å². The standard InChI is InChI=1S/C14H28N2O4/c1-10(12(17)18)7-6-8-11(2)16-13(19)15-9-14(3,4)20-5/h10-11H,6-9H2,1-5H3,(H,17,18)(H2,15,16,19). The van der Waals surface area contributed by atoms with Crippen LogP contribution in [-0.2, 0) is 9.53 Å². The van der Waals surface area contributed by atoms with Crippen LogP contribution in [0.25, 0.3) is 0 Å². The van der Waals surface area contributed by atoms with Crippen molar-refractivity contribution in [1.82, 2.24) is 10.6 Å². The molecule has 0 aromatic heterocycles. The highest BCUT2D eigenvalue weighted by molar-refractivity contribution is 5.74. The first-order chi connectivity index (χ1) is 9.18. The first kappa shape index (κ1) is 18.7. The van der Waals surface area contributed by atoms with E-state index in [2.05, 4.69) is 10.6 Å². The molecule has 0 bridgehead atoms. The maximum atomic E-state index is 11.6. The fourth-order valence-electron chi connectivity index (χ4n) is 1.57. The van der Waals surface area contributed by atoms with Gasteiger partial charge in [-0.2, -0.15) is 0 Å². The summed E-state index contributed by atoms with van der Waals surface area (Å²) in [5, 5.41) is 14.4. The highest BCUT2D eigenvalue weighted by atomic mass is 16.5. The van der Waals surface area contributed by atoms with Crippen molar-refractivity contribution in [2.45, 2.75) is 58.6 Å². The van der Waals surface area contributed by atoms with Gasteiger partial charge in [0.2, 0.25) is 0 Å². The van der Waals surface area contributed by atoms with Crippen molar-refractivity contribution in [3.8, 4) is 0 Å². The lowest BCUT2D eigenvalue weighted by molar-refractivity contribution is -0.141. The first-order valence-electron chi connectivity index (χ1n) is 7.00. The number of carboxylic acid groups (broad SMARTS) is 1. The van der Waals surface area contributed by atoms with Gasteiger partial charge in [-0.1, -0.05) is 13.3 Å². The maximum Gasteiger partial charge on any atom is 0.315 e. The summed E-state index contributed by atoms with van der Waals surface area (Å²) in [5.74, 6) is -1.11. The van der Waals surface area contributed by atoms with E-state index in [0.717, 1.165) is 12.8 Å². The lowest BCUT2D eigenvalue weighted by Crippen LogP contribution is -2.46. The van der Waals surface area contributed by atoms with Gasteiger partial charge in [-0.25, -0.2) is 4.79 Å². The molecule has 2 unspecified atom stereocenters. The summed E-state index contributed by atoms with van der Waals surface area (Å²) in [4.78, 5) is 22.3. The summed E-state index contributed by atoms with van der Waals surface area (Å²) in [7, 11) is 1.60. The minimum atomic E-state index is -0.773. The van der Waals surface area contributed by atoms with Crippen LogP contribution in [0.4, 0.5) is 4.79 Å². The van der Waals surface area contributed by atoms with Crippen LogP contribution in [-0.4, -0.2) is 42.4 Å². The molecule has 0 rings (SSSR count). The molecular formula is C14H28N2O4. The molecule has 0 aliphatic heterocycles. The number of carbonyl (C=O) groups is 2. The molecule has 20 heavy (non-hydrogen) atoms. The lowest BCUT2D eigenvalue weighted by atomic mass is 10.0. The van der Waals surface area contributed by atoms with Crippen molar-refractivity contribution in [2.75, 3.05) is 13.7 Å². The molecule has 118 valence electrons. The molecule has 0 spiro atoms. The average Bonchev–Trinajstić information content (AvgIpc) is 2.36. The Bertz CT molecular complexity index is 318. The quantitative estimate of drug-likeness (QED) is 0.605. The Morgan fingerprint density at radius 3 is 2.35 bits per heavy atom. The minimum absolute atomic E-state index is 0.0154. The highest BCUT2D eigenvalue weighted by Crippen LogP contribution is 2.09. The fourth-order valence-corrected chi connectivity index (χ4v) is 1.57. The molecule has 0 aliphatic rings. The van der Waals surface area contributed by atoms with Crippen molar-refractivity contribution < 1.29 is 19.4 Å². The van der Waals surface area contributed by atoms with Crippen molar-refractivity contribution in [3.63, 3.8) is 0 Å². The molecule has 3 N–H and O–H groups in total. The number of amides is 2. The third-order valence-corrected chi connectivity index (χ3v) is 3.30. The van der Waals surface area contributed by atoms with Gasteiger partial charge in [-0.15, -0.1) is 0 Å². The maximum absolute atomic E-state index is 11.6. The Labute approximate surface area is 121 Å². The summed E-state index contributed by atoms with van der Waals surface area (Å²) < 4.78 is 5.21. The van der Waals surface area contributed by atoms with Crippen LogP contribution in [0, 0.1) is 5.92 Å². The molecule has 2 atom stereocenters. The highest BCUT2D eigenvalue weighted by Gasteiger charge is 2.18. The SMILES string of the molecule is COC(C)(C)CNC(=O)NC(C)CCCC(C)C(=O)O. The van der Waals surface area contributed by atoms with E-state index in [-0.39, 0.29) is 18.0 Å². The number of ether oxygens (including phenoxy) is 1. The van der Waals surface area contributed by atoms with Crippen molar-refractivity contribution >= 4 is 12.0 Å². The predicted octanol–water partition coefficient (Wildman–Crippen LogP) is 1.99. The van der Waals surface area contributed by atoms with E-state index in [1.54, 1.807) is 14.0 Å².